The first-order chi connectivity index (χ1) is 62.5. The summed E-state index contributed by atoms with van der Waals surface area (Å²) in [6.45, 7) is 57.3. The largest absolute Gasteiger partial charge is 0.746 e. The third kappa shape index (κ3) is 108. The van der Waals surface area contributed by atoms with Crippen molar-refractivity contribution in [2.75, 3.05) is 143 Å². The number of nitrogens with zero attached hydrogens (tertiary/aromatic N) is 3. The Kier molecular flexibility index (Phi) is 162. The molecule has 870 valence electrons. The lowest BCUT2D eigenvalue weighted by atomic mass is 9.80. The number of likely N-dealkylation sites (N-methyl/N-ethyl adjacent to an activating group) is 1. The van der Waals surface area contributed by atoms with Crippen LogP contribution in [0.15, 0.2) is 0 Å². The molecule has 4 atom stereocenters. The van der Waals surface area contributed by atoms with Gasteiger partial charge in [0.05, 0.1) is 34.3 Å². The number of carbonyl (C=O) groups excluding carboxylic acids is 17. The van der Waals surface area contributed by atoms with Crippen molar-refractivity contribution in [2.24, 2.45) is 23.7 Å². The van der Waals surface area contributed by atoms with Gasteiger partial charge in [0.1, 0.15) is 59.7 Å². The SMILES string of the molecule is C.C.C.C.C.C.C.C.C.C.C.C.CCC.CCC(=O)NC(CC)S(=O)(=O)[O-].CCC(C)=O.CCNC.CCNC(=O)C1CCC(CC)CC1.CCNC(=O)C1CCC(CN2C(=O)CC(SCC)C2=O)CC1.CCNC(=O)CC.CCNC(=O)CC(C)=O.CCNC(=O)CN1C(=O)CC(SCC)C1=O.CCNC(=O)CSC1CC(=O)N(CC)C1=O.CCNCC.CCOCOCC.CCOCOCNC(=O)CC(C)=O. The molecule has 37 nitrogen and oxygen atoms in total. The standard InChI is InChI=1S/C16H26N2O3S.C11H21NO.2C10H16N2O3S.C8H15NO4.C6H13NO4S.C6H11NO2.C5H11NO.C5H12O2.C4H11N.C4H8O.C3H9N.C3H8.12CH4/c1-3-17-15(20)12-7-5-11(6-8-12)10-18-14(19)9-13(16(18)21)22-4-2;1-3-9-5-7-10(8-6-9)11(13)12-4-2;1-3-11-8(13)6-12-9(14)5-7(10(12)15)16-4-2;1-3-11-8(13)6-16-7-5-9(14)12(4-2)10(7)15;1-3-12-6-13-5-9-8(11)4-7(2)10;1-3-5(8)7-6(4-2)12(9,10)11;1-3-7-6(9)4-5(2)8;1-3-5(7)6-4-2;1-3-6-5-7-4-2;1-3-5-4-2;1-3-4(2)5;1-3-4-2;1-3-2;;;;;;;;;;;;/h11-13H,3-10H2,1-2H3,(H,17,20);9-10H,3-8H2,1-2H3,(H,12,13);2*7H,3-6H2,1-2H3,(H,11,13);3-6H2,1-2H3,(H,9,11);6H,3-4H2,1-2H3,(H,7,8)(H,9,10,11);3-4H2,1-2H3,(H,7,9);3-4H2,1-2H3,(H,6,7);3-5H2,1-2H3;5H,3-4H2,1-2H3;3H2,1-2H3;4H,3H2,1-2H3;3H2,1-2H3;12*1H4/p-1. The zero-order valence-electron chi connectivity index (χ0n) is 85.2. The van der Waals surface area contributed by atoms with Crippen molar-refractivity contribution < 1.29 is 113 Å². The number of amides is 14. The zero-order chi connectivity index (χ0) is 103. The van der Waals surface area contributed by atoms with Gasteiger partial charge in [0.25, 0.3) is 0 Å². The molecule has 14 amide bonds. The predicted molar refractivity (Wildman–Crippen MR) is 606 cm³/mol. The van der Waals surface area contributed by atoms with Crippen molar-refractivity contribution in [2.45, 2.75) is 405 Å². The van der Waals surface area contributed by atoms with Crippen molar-refractivity contribution in [3.63, 3.8) is 0 Å². The molecule has 0 aromatic carbocycles. The molecule has 3 saturated heterocycles. The quantitative estimate of drug-likeness (QED) is 0.00891. The first kappa shape index (κ1) is 185. The second-order valence-electron chi connectivity index (χ2n) is 29.4. The highest BCUT2D eigenvalue weighted by Gasteiger charge is 2.42. The van der Waals surface area contributed by atoms with Crippen molar-refractivity contribution >= 4 is 145 Å². The van der Waals surface area contributed by atoms with E-state index in [1.165, 1.54) is 79.8 Å². The molecule has 144 heavy (non-hydrogen) atoms. The monoisotopic (exact) mass is 2160 g/mol. The number of ether oxygens (including phenoxy) is 4. The molecule has 3 aliphatic heterocycles. The highest BCUT2D eigenvalue weighted by Crippen LogP contribution is 2.34. The minimum atomic E-state index is -4.40. The first-order valence-electron chi connectivity index (χ1n) is 47.2. The van der Waals surface area contributed by atoms with Gasteiger partial charge in [-0.3, -0.25) is 91.4 Å². The fourth-order valence-electron chi connectivity index (χ4n) is 11.1. The Labute approximate surface area is 893 Å². The fraction of sp³-hybridized carbons (Fsp3) is 0.835. The summed E-state index contributed by atoms with van der Waals surface area (Å²) >= 11 is 4.25. The number of rotatable bonds is 43. The van der Waals surface area contributed by atoms with E-state index in [1.807, 2.05) is 90.1 Å². The lowest BCUT2D eigenvalue weighted by Gasteiger charge is -2.30. The van der Waals surface area contributed by atoms with Gasteiger partial charge in [-0.2, -0.15) is 0 Å². The van der Waals surface area contributed by atoms with Crippen LogP contribution in [0.4, 0.5) is 0 Å². The normalized spacial score (nSPS) is 15.9. The van der Waals surface area contributed by atoms with Crippen LogP contribution < -0.4 is 53.2 Å². The summed E-state index contributed by atoms with van der Waals surface area (Å²) in [5, 5.41) is 24.6. The Hall–Kier alpha value is -7.09. The van der Waals surface area contributed by atoms with Gasteiger partial charge in [-0.1, -0.05) is 185 Å². The number of ketones is 3. The molecule has 0 aromatic rings. The third-order valence-corrected chi connectivity index (χ3v) is 22.8. The van der Waals surface area contributed by atoms with E-state index in [1.54, 1.807) is 39.5 Å². The van der Waals surface area contributed by atoms with Gasteiger partial charge >= 0.3 is 0 Å². The van der Waals surface area contributed by atoms with Crippen LogP contribution in [-0.4, -0.2) is 292 Å². The molecular formula is C103H224N13O24S4-. The summed E-state index contributed by atoms with van der Waals surface area (Å²) in [5.74, 6) is 1.91. The van der Waals surface area contributed by atoms with Crippen LogP contribution in [0.25, 0.3) is 0 Å². The van der Waals surface area contributed by atoms with Crippen molar-refractivity contribution in [1.29, 1.82) is 0 Å². The third-order valence-electron chi connectivity index (χ3n) is 18.2. The molecule has 5 rings (SSSR count). The Bertz CT molecular complexity index is 3240. The van der Waals surface area contributed by atoms with E-state index < -0.39 is 21.4 Å². The Morgan fingerprint density at radius 3 is 0.993 bits per heavy atom. The maximum absolute atomic E-state index is 12.3. The summed E-state index contributed by atoms with van der Waals surface area (Å²) in [6, 6.07) is 0. The zero-order valence-corrected chi connectivity index (χ0v) is 88.4. The topological polar surface area (TPSA) is 514 Å². The second-order valence-corrected chi connectivity index (χ2v) is 35.1. The van der Waals surface area contributed by atoms with E-state index in [9.17, 15) is 94.5 Å². The lowest BCUT2D eigenvalue weighted by Crippen LogP contribution is -2.40. The molecule has 2 aliphatic carbocycles. The van der Waals surface area contributed by atoms with Crippen LogP contribution >= 0.6 is 35.3 Å². The molecule has 0 radical (unpaired) electrons. The van der Waals surface area contributed by atoms with Gasteiger partial charge in [0.15, 0.2) is 0 Å². The van der Waals surface area contributed by atoms with E-state index in [2.05, 4.69) is 94.7 Å². The summed E-state index contributed by atoms with van der Waals surface area (Å²) in [7, 11) is -2.47. The number of hydrogen-bond acceptors (Lipinski definition) is 29. The second kappa shape index (κ2) is 126. The minimum absolute atomic E-state index is 0. The van der Waals surface area contributed by atoms with E-state index in [0.717, 1.165) is 107 Å². The number of Topliss-reactive ketones (excluding diaryl/α,β-unsaturated/α-hetero) is 3. The van der Waals surface area contributed by atoms with Crippen molar-refractivity contribution in [1.82, 2.24) is 67.9 Å². The number of likely N-dealkylation sites (tertiary alicyclic amines) is 3. The van der Waals surface area contributed by atoms with Crippen LogP contribution in [0.5, 0.6) is 0 Å². The summed E-state index contributed by atoms with van der Waals surface area (Å²) in [4.78, 5) is 193. The Morgan fingerprint density at radius 1 is 0.382 bits per heavy atom. The summed E-state index contributed by atoms with van der Waals surface area (Å²) in [6.07, 6.45) is 13.0. The lowest BCUT2D eigenvalue weighted by molar-refractivity contribution is -0.142. The van der Waals surface area contributed by atoms with E-state index in [-0.39, 0.29) is 269 Å². The van der Waals surface area contributed by atoms with Crippen molar-refractivity contribution in [3.8, 4) is 0 Å². The molecule has 2 saturated carbocycles. The Balaban J connectivity index is -0.0000000656. The molecule has 3 heterocycles. The fourth-order valence-corrected chi connectivity index (χ4v) is 14.7. The highest BCUT2D eigenvalue weighted by molar-refractivity contribution is 8.01. The molecule has 4 unspecified atom stereocenters. The smallest absolute Gasteiger partial charge is 0.243 e. The highest BCUT2D eigenvalue weighted by atomic mass is 32.2. The molecule has 5 aliphatic rings. The molecule has 0 bridgehead atoms. The van der Waals surface area contributed by atoms with Gasteiger partial charge in [-0.25, -0.2) is 8.42 Å². The van der Waals surface area contributed by atoms with Crippen molar-refractivity contribution in [3.05, 3.63) is 0 Å². The maximum Gasteiger partial charge on any atom is 0.243 e. The molecular weight excluding hydrogens is 1930 g/mol. The molecule has 5 fully saturated rings. The minimum Gasteiger partial charge on any atom is -0.746 e. The molecule has 0 spiro atoms. The van der Waals surface area contributed by atoms with E-state index in [0.29, 0.717) is 83.8 Å². The van der Waals surface area contributed by atoms with E-state index in [4.69, 9.17) is 18.9 Å². The van der Waals surface area contributed by atoms with Gasteiger partial charge in [0.2, 0.25) is 82.7 Å². The van der Waals surface area contributed by atoms with Gasteiger partial charge in [-0.15, -0.1) is 35.3 Å². The maximum atomic E-state index is 12.3. The van der Waals surface area contributed by atoms with E-state index >= 15 is 0 Å². The number of nitrogens with one attached hydrogen (secondary N) is 10. The van der Waals surface area contributed by atoms with Gasteiger partial charge in [0, 0.05) is 123 Å². The average molecular weight is 2160 g/mol. The predicted octanol–water partition coefficient (Wildman–Crippen LogP) is 16.5. The van der Waals surface area contributed by atoms with Crippen LogP contribution in [-0.2, 0) is 111 Å². The number of thioether (sulfide) groups is 3. The van der Waals surface area contributed by atoms with Gasteiger partial charge in [-0.05, 0) is 198 Å². The van der Waals surface area contributed by atoms with Crippen LogP contribution in [0.3, 0.4) is 0 Å². The number of imide groups is 3. The summed E-state index contributed by atoms with van der Waals surface area (Å²) in [5.41, 5.74) is 0. The number of carbonyl (C=O) groups is 17. The van der Waals surface area contributed by atoms with Crippen LogP contribution in [0.2, 0.25) is 0 Å². The van der Waals surface area contributed by atoms with Crippen LogP contribution in [0, 0.1) is 23.7 Å². The van der Waals surface area contributed by atoms with Crippen LogP contribution in [0.1, 0.15) is 384 Å². The summed E-state index contributed by atoms with van der Waals surface area (Å²) < 4.78 is 50.8. The van der Waals surface area contributed by atoms with Gasteiger partial charge < -0.3 is 81.5 Å². The molecule has 41 heteroatoms. The average Bonchev–Trinajstić information content (AvgIpc) is 1.90. The number of hydrogen-bond donors (Lipinski definition) is 10. The first-order valence-corrected chi connectivity index (χ1v) is 51.8. The molecule has 10 N–H and O–H groups in total. The Morgan fingerprint density at radius 2 is 0.701 bits per heavy atom. The molecule has 0 aromatic heterocycles.